The SMILES string of the molecule is C=CCNC(=O)C(=O)C(CCC)NC(=O)[C@@H]1[C@@H](C=C(C)C)CCN1C(=O)[C@@H](NC(=O)[C@@H](NC(=O)c1cnccn1)C1CCCCC1)C(C)(C)C. The number of carbonyl (C=O) groups is 6. The number of allylic oxidation sites excluding steroid dienone is 1. The van der Waals surface area contributed by atoms with Gasteiger partial charge in [0.1, 0.15) is 23.8 Å². The summed E-state index contributed by atoms with van der Waals surface area (Å²) in [5.74, 6) is -4.08. The first-order chi connectivity index (χ1) is 23.7. The molecule has 1 aliphatic heterocycles. The van der Waals surface area contributed by atoms with Crippen molar-refractivity contribution in [3.63, 3.8) is 0 Å². The van der Waals surface area contributed by atoms with Crippen molar-refractivity contribution in [2.75, 3.05) is 13.1 Å². The van der Waals surface area contributed by atoms with E-state index in [4.69, 9.17) is 0 Å². The highest BCUT2D eigenvalue weighted by atomic mass is 16.2. The van der Waals surface area contributed by atoms with Gasteiger partial charge in [0.25, 0.3) is 11.8 Å². The van der Waals surface area contributed by atoms with E-state index >= 15 is 0 Å². The number of nitrogens with one attached hydrogen (secondary N) is 4. The molecular formula is C37H55N7O6. The van der Waals surface area contributed by atoms with Gasteiger partial charge in [0, 0.05) is 31.4 Å². The minimum atomic E-state index is -1.07. The number of ketones is 1. The van der Waals surface area contributed by atoms with E-state index in [1.54, 1.807) is 0 Å². The number of amides is 5. The van der Waals surface area contributed by atoms with Crippen LogP contribution in [0.4, 0.5) is 0 Å². The van der Waals surface area contributed by atoms with Crippen LogP contribution in [0, 0.1) is 17.3 Å². The molecule has 0 spiro atoms. The van der Waals surface area contributed by atoms with Crippen LogP contribution in [0.1, 0.15) is 103 Å². The van der Waals surface area contributed by atoms with Gasteiger partial charge in [0.05, 0.1) is 12.2 Å². The van der Waals surface area contributed by atoms with Crippen LogP contribution in [0.15, 0.2) is 42.9 Å². The Kier molecular flexibility index (Phi) is 14.8. The molecule has 3 rings (SSSR count). The van der Waals surface area contributed by atoms with E-state index in [9.17, 15) is 28.8 Å². The molecule has 1 unspecified atom stereocenters. The Morgan fingerprint density at radius 3 is 2.28 bits per heavy atom. The maximum Gasteiger partial charge on any atom is 0.289 e. The molecule has 2 heterocycles. The molecule has 0 radical (unpaired) electrons. The van der Waals surface area contributed by atoms with E-state index in [1.165, 1.54) is 29.6 Å². The average molecular weight is 694 g/mol. The summed E-state index contributed by atoms with van der Waals surface area (Å²) in [7, 11) is 0. The van der Waals surface area contributed by atoms with Crippen LogP contribution >= 0.6 is 0 Å². The fourth-order valence-electron chi connectivity index (χ4n) is 6.77. The van der Waals surface area contributed by atoms with Gasteiger partial charge in [-0.25, -0.2) is 4.98 Å². The van der Waals surface area contributed by atoms with Crippen molar-refractivity contribution in [2.24, 2.45) is 17.3 Å². The van der Waals surface area contributed by atoms with Crippen molar-refractivity contribution in [1.29, 1.82) is 0 Å². The zero-order valence-electron chi connectivity index (χ0n) is 30.4. The number of likely N-dealkylation sites (tertiary alicyclic amines) is 1. The number of carbonyl (C=O) groups excluding carboxylic acids is 6. The second kappa shape index (κ2) is 18.5. The van der Waals surface area contributed by atoms with Crippen LogP contribution in [-0.4, -0.2) is 87.4 Å². The monoisotopic (exact) mass is 693 g/mol. The predicted octanol–water partition coefficient (Wildman–Crippen LogP) is 3.03. The van der Waals surface area contributed by atoms with Gasteiger partial charge < -0.3 is 26.2 Å². The number of nitrogens with zero attached hydrogens (tertiary/aromatic N) is 3. The quantitative estimate of drug-likeness (QED) is 0.160. The summed E-state index contributed by atoms with van der Waals surface area (Å²) in [6, 6.07) is -4.01. The van der Waals surface area contributed by atoms with Crippen LogP contribution < -0.4 is 21.3 Å². The fraction of sp³-hybridized carbons (Fsp3) is 0.622. The number of Topliss-reactive ketones (excluding diaryl/α,β-unsaturated/α-hetero) is 1. The van der Waals surface area contributed by atoms with Gasteiger partial charge in [-0.3, -0.25) is 33.8 Å². The maximum absolute atomic E-state index is 14.6. The minimum absolute atomic E-state index is 0.0823. The lowest BCUT2D eigenvalue weighted by atomic mass is 9.82. The average Bonchev–Trinajstić information content (AvgIpc) is 3.50. The van der Waals surface area contributed by atoms with Crippen molar-refractivity contribution < 1.29 is 28.8 Å². The van der Waals surface area contributed by atoms with Gasteiger partial charge in [-0.15, -0.1) is 6.58 Å². The van der Waals surface area contributed by atoms with E-state index in [1.807, 2.05) is 47.6 Å². The minimum Gasteiger partial charge on any atom is -0.346 e. The van der Waals surface area contributed by atoms with Crippen molar-refractivity contribution in [1.82, 2.24) is 36.1 Å². The summed E-state index contributed by atoms with van der Waals surface area (Å²) in [5.41, 5.74) is 0.263. The zero-order chi connectivity index (χ0) is 37.0. The van der Waals surface area contributed by atoms with Gasteiger partial charge in [-0.05, 0) is 50.9 Å². The smallest absolute Gasteiger partial charge is 0.289 e. The molecule has 13 heteroatoms. The molecule has 13 nitrogen and oxygen atoms in total. The molecule has 2 aliphatic rings. The molecule has 0 aromatic carbocycles. The molecule has 5 atom stereocenters. The molecule has 2 fully saturated rings. The zero-order valence-corrected chi connectivity index (χ0v) is 30.4. The largest absolute Gasteiger partial charge is 0.346 e. The summed E-state index contributed by atoms with van der Waals surface area (Å²) in [5, 5.41) is 11.1. The third kappa shape index (κ3) is 10.8. The lowest BCUT2D eigenvalue weighted by molar-refractivity contribution is -0.146. The Bertz CT molecular complexity index is 1410. The summed E-state index contributed by atoms with van der Waals surface area (Å²) in [4.78, 5) is 91.0. The van der Waals surface area contributed by atoms with Crippen LogP contribution in [0.2, 0.25) is 0 Å². The molecule has 1 aliphatic carbocycles. The van der Waals surface area contributed by atoms with E-state index in [0.29, 0.717) is 12.8 Å². The first-order valence-corrected chi connectivity index (χ1v) is 17.8. The first-order valence-electron chi connectivity index (χ1n) is 17.8. The van der Waals surface area contributed by atoms with E-state index in [0.717, 1.165) is 37.7 Å². The van der Waals surface area contributed by atoms with Crippen molar-refractivity contribution in [2.45, 2.75) is 117 Å². The second-order valence-electron chi connectivity index (χ2n) is 14.6. The van der Waals surface area contributed by atoms with Gasteiger partial charge in [-0.1, -0.05) is 71.1 Å². The number of hydrogen-bond donors (Lipinski definition) is 4. The van der Waals surface area contributed by atoms with Crippen LogP contribution in [0.5, 0.6) is 0 Å². The lowest BCUT2D eigenvalue weighted by Crippen LogP contribution is -2.62. The third-order valence-corrected chi connectivity index (χ3v) is 9.27. The summed E-state index contributed by atoms with van der Waals surface area (Å²) < 4.78 is 0. The lowest BCUT2D eigenvalue weighted by Gasteiger charge is -2.38. The van der Waals surface area contributed by atoms with Gasteiger partial charge in [0.15, 0.2) is 0 Å². The van der Waals surface area contributed by atoms with Crippen molar-refractivity contribution in [3.8, 4) is 0 Å². The van der Waals surface area contributed by atoms with Crippen molar-refractivity contribution in [3.05, 3.63) is 48.6 Å². The Labute approximate surface area is 295 Å². The molecule has 50 heavy (non-hydrogen) atoms. The van der Waals surface area contributed by atoms with E-state index < -0.39 is 64.9 Å². The van der Waals surface area contributed by atoms with Crippen LogP contribution in [0.25, 0.3) is 0 Å². The molecule has 1 aromatic rings. The molecule has 1 saturated heterocycles. The maximum atomic E-state index is 14.6. The van der Waals surface area contributed by atoms with Gasteiger partial charge >= 0.3 is 0 Å². The number of hydrogen-bond acceptors (Lipinski definition) is 8. The highest BCUT2D eigenvalue weighted by Crippen LogP contribution is 2.32. The second-order valence-corrected chi connectivity index (χ2v) is 14.6. The van der Waals surface area contributed by atoms with E-state index in [-0.39, 0.29) is 37.0 Å². The molecular weight excluding hydrogens is 638 g/mol. The Morgan fingerprint density at radius 1 is 1.00 bits per heavy atom. The number of aromatic nitrogens is 2. The molecule has 5 amide bonds. The standard InChI is InChI=1S/C37H55N7O6/c1-8-13-26(30(45)35(49)40-17-9-2)41-34(48)29-25(21-23(3)4)16-20-44(29)36(50)31(37(5,6)7)43-33(47)28(24-14-11-10-12-15-24)42-32(46)27-22-38-18-19-39-27/h9,18-19,21-22,24-26,28-29,31H,2,8,10-17,20H2,1,3-7H3,(H,40,49)(H,41,48)(H,42,46)(H,43,47)/t25-,26?,28+,29+,31-/m1/s1. The Hall–Kier alpha value is -4.42. The highest BCUT2D eigenvalue weighted by molar-refractivity contribution is 6.38. The van der Waals surface area contributed by atoms with E-state index in [2.05, 4.69) is 37.8 Å². The molecule has 4 N–H and O–H groups in total. The van der Waals surface area contributed by atoms with Crippen molar-refractivity contribution >= 4 is 35.3 Å². The van der Waals surface area contributed by atoms with Gasteiger partial charge in [0.2, 0.25) is 23.5 Å². The highest BCUT2D eigenvalue weighted by Gasteiger charge is 2.47. The molecule has 1 saturated carbocycles. The molecule has 0 bridgehead atoms. The topological polar surface area (TPSA) is 180 Å². The fourth-order valence-corrected chi connectivity index (χ4v) is 6.77. The van der Waals surface area contributed by atoms with Crippen LogP contribution in [0.3, 0.4) is 0 Å². The van der Waals surface area contributed by atoms with Gasteiger partial charge in [-0.2, -0.15) is 0 Å². The molecule has 274 valence electrons. The predicted molar refractivity (Wildman–Crippen MR) is 189 cm³/mol. The third-order valence-electron chi connectivity index (χ3n) is 9.27. The first kappa shape index (κ1) is 40.0. The summed E-state index contributed by atoms with van der Waals surface area (Å²) in [6.45, 7) is 15.1. The Balaban J connectivity index is 1.91. The normalized spacial score (nSPS) is 19.7. The molecule has 1 aromatic heterocycles. The summed E-state index contributed by atoms with van der Waals surface area (Å²) >= 11 is 0. The summed E-state index contributed by atoms with van der Waals surface area (Å²) in [6.07, 6.45) is 13.2. The number of rotatable bonds is 15. The van der Waals surface area contributed by atoms with Crippen LogP contribution in [-0.2, 0) is 24.0 Å². The Morgan fingerprint density at radius 2 is 1.70 bits per heavy atom.